The molecule has 0 spiro atoms. The first-order chi connectivity index (χ1) is 25.9. The second-order valence-corrected chi connectivity index (χ2v) is 13.3. The van der Waals surface area contributed by atoms with Gasteiger partial charge in [0.25, 0.3) is 0 Å². The maximum atomic E-state index is 12.5. The summed E-state index contributed by atoms with van der Waals surface area (Å²) in [6.45, 7) is 0.971. The number of esters is 2. The van der Waals surface area contributed by atoms with Gasteiger partial charge in [-0.2, -0.15) is 10.5 Å². The van der Waals surface area contributed by atoms with Gasteiger partial charge < -0.3 is 18.9 Å². The van der Waals surface area contributed by atoms with E-state index in [1.165, 1.54) is 17.4 Å². The maximum Gasteiger partial charge on any atom is 0.338 e. The van der Waals surface area contributed by atoms with Crippen LogP contribution < -0.4 is 4.90 Å². The Kier molecular flexibility index (Phi) is 13.8. The van der Waals surface area contributed by atoms with Crippen LogP contribution in [0.1, 0.15) is 41.6 Å². The molecule has 5 aromatic rings. The third kappa shape index (κ3) is 10.8. The Hall–Kier alpha value is -6.37. The summed E-state index contributed by atoms with van der Waals surface area (Å²) in [5.41, 5.74) is 2.85. The highest BCUT2D eigenvalue weighted by Crippen LogP contribution is 2.32. The van der Waals surface area contributed by atoms with Gasteiger partial charge in [-0.25, -0.2) is 9.59 Å². The fraction of sp³-hybridized carbons (Fsp3) is 0.0952. The van der Waals surface area contributed by atoms with Crippen LogP contribution in [0.15, 0.2) is 138 Å². The predicted octanol–water partition coefficient (Wildman–Crippen LogP) is 8.16. The molecule has 0 N–H and O–H groups in total. The van der Waals surface area contributed by atoms with Crippen LogP contribution in [0.25, 0.3) is 23.8 Å². The molecule has 1 unspecified atom stereocenters. The van der Waals surface area contributed by atoms with Crippen LogP contribution in [0, 0.1) is 22.7 Å². The highest BCUT2D eigenvalue weighted by Gasteiger charge is 2.17. The molecule has 0 radical (unpaired) electrons. The van der Waals surface area contributed by atoms with Gasteiger partial charge in [0.2, 0.25) is 0 Å². The summed E-state index contributed by atoms with van der Waals surface area (Å²) in [6, 6.07) is 41.0. The number of thiophene rings is 1. The lowest BCUT2D eigenvalue weighted by atomic mass is 10.00. The number of ether oxygens (including phenoxy) is 2. The fourth-order valence-electron chi connectivity index (χ4n) is 5.18. The summed E-state index contributed by atoms with van der Waals surface area (Å²) in [4.78, 5) is 28.3. The summed E-state index contributed by atoms with van der Waals surface area (Å²) >= 11 is -1.38. The van der Waals surface area contributed by atoms with Crippen LogP contribution >= 0.6 is 11.3 Å². The van der Waals surface area contributed by atoms with Crippen LogP contribution in [0.5, 0.6) is 0 Å². The molecule has 9 nitrogen and oxygen atoms in total. The topological polar surface area (TPSA) is 144 Å². The van der Waals surface area contributed by atoms with Crippen molar-refractivity contribution < 1.29 is 27.8 Å². The van der Waals surface area contributed by atoms with Crippen molar-refractivity contribution in [1.29, 1.82) is 10.5 Å². The number of rotatable bonds is 15. The van der Waals surface area contributed by atoms with Crippen molar-refractivity contribution in [2.75, 3.05) is 31.2 Å². The minimum absolute atomic E-state index is 0.0484. The Morgan fingerprint density at radius 3 is 1.66 bits per heavy atom. The van der Waals surface area contributed by atoms with E-state index in [4.69, 9.17) is 9.47 Å². The van der Waals surface area contributed by atoms with Gasteiger partial charge in [-0.05, 0) is 82.9 Å². The highest BCUT2D eigenvalue weighted by atomic mass is 32.2. The van der Waals surface area contributed by atoms with E-state index in [0.717, 1.165) is 16.1 Å². The lowest BCUT2D eigenvalue weighted by Crippen LogP contribution is -2.32. The smallest absolute Gasteiger partial charge is 0.338 e. The largest absolute Gasteiger partial charge is 0.768 e. The van der Waals surface area contributed by atoms with Gasteiger partial charge in [0.15, 0.2) is 0 Å². The molecule has 11 heteroatoms. The summed E-state index contributed by atoms with van der Waals surface area (Å²) in [5, 5.41) is 19.2. The Labute approximate surface area is 314 Å². The lowest BCUT2D eigenvalue weighted by Gasteiger charge is -2.24. The number of carbonyl (C=O) groups is 2. The second-order valence-electron chi connectivity index (χ2n) is 11.2. The minimum Gasteiger partial charge on any atom is -0.768 e. The minimum atomic E-state index is -2.73. The van der Waals surface area contributed by atoms with E-state index < -0.39 is 23.0 Å². The van der Waals surface area contributed by atoms with Crippen molar-refractivity contribution in [1.82, 2.24) is 0 Å². The van der Waals surface area contributed by atoms with Gasteiger partial charge in [0.05, 0.1) is 24.2 Å². The quantitative estimate of drug-likeness (QED) is 0.0450. The molecule has 0 aliphatic rings. The summed E-state index contributed by atoms with van der Waals surface area (Å²) in [5.74, 6) is -0.845. The molecule has 53 heavy (non-hydrogen) atoms. The Balaban J connectivity index is 1.28. The average molecular weight is 739 g/mol. The number of allylic oxidation sites excluding steroid dienone is 2. The van der Waals surface area contributed by atoms with Gasteiger partial charge in [-0.3, -0.25) is 4.21 Å². The molecule has 1 heterocycles. The Morgan fingerprint density at radius 2 is 1.17 bits per heavy atom. The van der Waals surface area contributed by atoms with Gasteiger partial charge >= 0.3 is 11.9 Å². The molecule has 1 aromatic heterocycles. The molecular formula is C42H32N3O6S2-. The molecule has 1 atom stereocenters. The molecule has 0 amide bonds. The van der Waals surface area contributed by atoms with E-state index in [2.05, 4.69) is 0 Å². The van der Waals surface area contributed by atoms with Crippen molar-refractivity contribution in [3.8, 4) is 12.1 Å². The first-order valence-electron chi connectivity index (χ1n) is 16.3. The zero-order valence-electron chi connectivity index (χ0n) is 28.3. The van der Waals surface area contributed by atoms with Crippen LogP contribution in [-0.4, -0.2) is 47.0 Å². The number of benzene rings is 4. The van der Waals surface area contributed by atoms with Gasteiger partial charge in [0.1, 0.15) is 30.9 Å². The molecule has 4 aromatic carbocycles. The number of nitrogens with zero attached hydrogens (tertiary/aromatic N) is 3. The van der Waals surface area contributed by atoms with E-state index >= 15 is 0 Å². The standard InChI is InChI=1S/C42H33N3O6S2/c43-29-35(30-44)40(32-10-4-1-5-11-32)39(53(48)49)28-38-23-22-37(52-38)21-18-31-16-19-36(20-17-31)45(24-26-50-41(46)33-12-6-2-7-13-33)25-27-51-42(47)34-14-8-3-9-15-34/h1-23,28H,24-27H2,(H,48,49)/p-1/b21-18+,39-28-. The molecule has 0 aliphatic carbocycles. The molecule has 0 bridgehead atoms. The highest BCUT2D eigenvalue weighted by molar-refractivity contribution is 7.84. The van der Waals surface area contributed by atoms with Crippen LogP contribution in [-0.2, 0) is 20.6 Å². The van der Waals surface area contributed by atoms with Crippen LogP contribution in [0.3, 0.4) is 0 Å². The van der Waals surface area contributed by atoms with Crippen molar-refractivity contribution in [3.63, 3.8) is 0 Å². The summed E-state index contributed by atoms with van der Waals surface area (Å²) < 4.78 is 35.8. The molecule has 5 rings (SSSR count). The third-order valence-corrected chi connectivity index (χ3v) is 9.47. The van der Waals surface area contributed by atoms with Crippen LogP contribution in [0.4, 0.5) is 5.69 Å². The average Bonchev–Trinajstić information content (AvgIpc) is 3.66. The molecule has 0 saturated carbocycles. The first-order valence-corrected chi connectivity index (χ1v) is 18.2. The van der Waals surface area contributed by atoms with Gasteiger partial charge in [-0.1, -0.05) is 84.9 Å². The van der Waals surface area contributed by atoms with E-state index in [-0.39, 0.29) is 29.3 Å². The summed E-state index contributed by atoms with van der Waals surface area (Å²) in [6.07, 6.45) is 5.28. The fourth-order valence-corrected chi connectivity index (χ4v) is 6.72. The Bertz CT molecular complexity index is 2140. The molecule has 0 saturated heterocycles. The predicted molar refractivity (Wildman–Crippen MR) is 207 cm³/mol. The number of anilines is 1. The van der Waals surface area contributed by atoms with Crippen molar-refractivity contribution in [2.24, 2.45) is 0 Å². The third-order valence-electron chi connectivity index (χ3n) is 7.79. The molecule has 0 fully saturated rings. The zero-order valence-corrected chi connectivity index (χ0v) is 29.9. The number of hydrogen-bond acceptors (Lipinski definition) is 10. The second kappa shape index (κ2) is 19.3. The first kappa shape index (κ1) is 37.9. The molecule has 264 valence electrons. The van der Waals surface area contributed by atoms with Gasteiger partial charge in [0, 0.05) is 25.9 Å². The Morgan fingerprint density at radius 1 is 0.679 bits per heavy atom. The number of nitriles is 2. The van der Waals surface area contributed by atoms with Gasteiger partial charge in [-0.15, -0.1) is 11.3 Å². The monoisotopic (exact) mass is 738 g/mol. The SMILES string of the molecule is N#CC(C#N)=C(/C(=C/c1ccc(/C=C/c2ccc(N(CCOC(=O)c3ccccc3)CCOC(=O)c3ccccc3)cc2)s1)S(=O)[O-])c1ccccc1. The maximum absolute atomic E-state index is 12.5. The molecule has 0 aliphatic heterocycles. The van der Waals surface area contributed by atoms with E-state index in [0.29, 0.717) is 34.7 Å². The van der Waals surface area contributed by atoms with E-state index in [1.807, 2.05) is 71.7 Å². The lowest BCUT2D eigenvalue weighted by molar-refractivity contribution is 0.0504. The number of hydrogen-bond donors (Lipinski definition) is 0. The summed E-state index contributed by atoms with van der Waals surface area (Å²) in [7, 11) is 0. The number of carbonyl (C=O) groups excluding carboxylic acids is 2. The molecular weight excluding hydrogens is 707 g/mol. The normalized spacial score (nSPS) is 11.6. The van der Waals surface area contributed by atoms with Crippen LogP contribution in [0.2, 0.25) is 0 Å². The van der Waals surface area contributed by atoms with Crippen molar-refractivity contribution >= 4 is 63.8 Å². The van der Waals surface area contributed by atoms with E-state index in [9.17, 15) is 28.9 Å². The van der Waals surface area contributed by atoms with Crippen molar-refractivity contribution in [2.45, 2.75) is 0 Å². The van der Waals surface area contributed by atoms with Crippen molar-refractivity contribution in [3.05, 3.63) is 170 Å². The zero-order chi connectivity index (χ0) is 37.4. The van der Waals surface area contributed by atoms with E-state index in [1.54, 1.807) is 84.9 Å².